The molecule has 0 heterocycles. The van der Waals surface area contributed by atoms with E-state index in [0.717, 1.165) is 19.3 Å². The average Bonchev–Trinajstić information content (AvgIpc) is 2.17. The van der Waals surface area contributed by atoms with E-state index >= 15 is 0 Å². The predicted molar refractivity (Wildman–Crippen MR) is 56.7 cm³/mol. The van der Waals surface area contributed by atoms with Gasteiger partial charge in [0.05, 0.1) is 6.10 Å². The molecule has 4 nitrogen and oxygen atoms in total. The van der Waals surface area contributed by atoms with Gasteiger partial charge in [0.1, 0.15) is 6.04 Å². The molecule has 0 radical (unpaired) electrons. The molecule has 0 aliphatic rings. The van der Waals surface area contributed by atoms with Gasteiger partial charge in [-0.15, -0.1) is 0 Å². The fourth-order valence-corrected chi connectivity index (χ4v) is 0.995. The molecule has 84 valence electrons. The molecule has 0 saturated heterocycles. The van der Waals surface area contributed by atoms with Crippen LogP contribution in [0.4, 0.5) is 0 Å². The van der Waals surface area contributed by atoms with Crippen molar-refractivity contribution in [1.82, 2.24) is 0 Å². The third-order valence-corrected chi connectivity index (χ3v) is 2.16. The first-order valence-electron chi connectivity index (χ1n) is 5.28. The molecule has 14 heavy (non-hydrogen) atoms. The van der Waals surface area contributed by atoms with Gasteiger partial charge in [0, 0.05) is 0 Å². The van der Waals surface area contributed by atoms with Crippen LogP contribution in [0.1, 0.15) is 39.5 Å². The molecule has 0 aromatic heterocycles. The topological polar surface area (TPSA) is 78.3 Å². The summed E-state index contributed by atoms with van der Waals surface area (Å²) in [5.41, 5.74) is 11.0. The van der Waals surface area contributed by atoms with Gasteiger partial charge in [0.15, 0.2) is 0 Å². The van der Waals surface area contributed by atoms with E-state index in [2.05, 4.69) is 0 Å². The number of hydrogen-bond acceptors (Lipinski definition) is 4. The molecule has 0 aliphatic heterocycles. The Bertz CT molecular complexity index is 162. The average molecular weight is 202 g/mol. The molecule has 4 heteroatoms. The van der Waals surface area contributed by atoms with E-state index in [1.54, 1.807) is 0 Å². The van der Waals surface area contributed by atoms with Gasteiger partial charge in [-0.1, -0.05) is 13.3 Å². The van der Waals surface area contributed by atoms with E-state index in [1.165, 1.54) is 0 Å². The molecule has 0 aromatic rings. The summed E-state index contributed by atoms with van der Waals surface area (Å²) in [5.74, 6) is -0.295. The molecule has 4 N–H and O–H groups in total. The Morgan fingerprint density at radius 1 is 1.43 bits per heavy atom. The van der Waals surface area contributed by atoms with E-state index in [0.29, 0.717) is 13.0 Å². The number of esters is 1. The molecule has 0 aliphatic carbocycles. The number of carbonyl (C=O) groups is 1. The van der Waals surface area contributed by atoms with Crippen molar-refractivity contribution in [2.75, 3.05) is 6.54 Å². The van der Waals surface area contributed by atoms with Crippen LogP contribution in [0.3, 0.4) is 0 Å². The number of hydrogen-bond donors (Lipinski definition) is 2. The maximum absolute atomic E-state index is 11.3. The summed E-state index contributed by atoms with van der Waals surface area (Å²) in [6.45, 7) is 4.48. The molecule has 2 unspecified atom stereocenters. The molecule has 0 spiro atoms. The molecular weight excluding hydrogens is 180 g/mol. The highest BCUT2D eigenvalue weighted by Gasteiger charge is 2.16. The van der Waals surface area contributed by atoms with Crippen LogP contribution in [0, 0.1) is 0 Å². The van der Waals surface area contributed by atoms with Crippen LogP contribution in [-0.2, 0) is 9.53 Å². The fraction of sp³-hybridized carbons (Fsp3) is 0.900. The predicted octanol–water partition coefficient (Wildman–Crippen LogP) is 0.784. The second-order valence-electron chi connectivity index (χ2n) is 3.55. The molecule has 0 fully saturated rings. The molecule has 2 atom stereocenters. The summed E-state index contributed by atoms with van der Waals surface area (Å²) in [6, 6.07) is -0.490. The van der Waals surface area contributed by atoms with Crippen molar-refractivity contribution >= 4 is 5.97 Å². The van der Waals surface area contributed by atoms with Gasteiger partial charge in [-0.25, -0.2) is 0 Å². The fourth-order valence-electron chi connectivity index (χ4n) is 0.995. The van der Waals surface area contributed by atoms with Crippen molar-refractivity contribution in [2.45, 2.75) is 51.7 Å². The van der Waals surface area contributed by atoms with Gasteiger partial charge in [-0.3, -0.25) is 4.79 Å². The van der Waals surface area contributed by atoms with E-state index in [1.807, 2.05) is 13.8 Å². The van der Waals surface area contributed by atoms with Crippen LogP contribution < -0.4 is 11.5 Å². The Kier molecular flexibility index (Phi) is 7.42. The van der Waals surface area contributed by atoms with E-state index < -0.39 is 6.04 Å². The van der Waals surface area contributed by atoms with Gasteiger partial charge in [0.2, 0.25) is 0 Å². The van der Waals surface area contributed by atoms with E-state index in [9.17, 15) is 4.79 Å². The second kappa shape index (κ2) is 7.76. The van der Waals surface area contributed by atoms with Crippen molar-refractivity contribution in [3.05, 3.63) is 0 Å². The summed E-state index contributed by atoms with van der Waals surface area (Å²) in [6.07, 6.45) is 3.23. The highest BCUT2D eigenvalue weighted by atomic mass is 16.5. The minimum atomic E-state index is -0.490. The van der Waals surface area contributed by atoms with Gasteiger partial charge < -0.3 is 16.2 Å². The van der Waals surface area contributed by atoms with Crippen molar-refractivity contribution in [3.63, 3.8) is 0 Å². The molecule has 0 rings (SSSR count). The third kappa shape index (κ3) is 5.94. The lowest BCUT2D eigenvalue weighted by molar-refractivity contribution is -0.150. The number of carbonyl (C=O) groups excluding carboxylic acids is 1. The quantitative estimate of drug-likeness (QED) is 0.472. The van der Waals surface area contributed by atoms with E-state index in [-0.39, 0.29) is 12.1 Å². The smallest absolute Gasteiger partial charge is 0.323 e. The van der Waals surface area contributed by atoms with Gasteiger partial charge in [-0.05, 0) is 32.7 Å². The molecule has 0 aromatic carbocycles. The summed E-state index contributed by atoms with van der Waals surface area (Å²) < 4.78 is 5.10. The highest BCUT2D eigenvalue weighted by Crippen LogP contribution is 2.03. The Morgan fingerprint density at radius 3 is 2.57 bits per heavy atom. The zero-order valence-electron chi connectivity index (χ0n) is 9.16. The van der Waals surface area contributed by atoms with Gasteiger partial charge >= 0.3 is 5.97 Å². The zero-order valence-corrected chi connectivity index (χ0v) is 9.16. The molecule has 0 amide bonds. The monoisotopic (exact) mass is 202 g/mol. The number of rotatable bonds is 7. The summed E-state index contributed by atoms with van der Waals surface area (Å²) in [5, 5.41) is 0. The van der Waals surface area contributed by atoms with Crippen LogP contribution in [-0.4, -0.2) is 24.7 Å². The first kappa shape index (κ1) is 13.4. The minimum absolute atomic E-state index is 0.0388. The first-order valence-corrected chi connectivity index (χ1v) is 5.28. The van der Waals surface area contributed by atoms with Gasteiger partial charge in [-0.2, -0.15) is 0 Å². The van der Waals surface area contributed by atoms with Crippen LogP contribution in [0.2, 0.25) is 0 Å². The maximum atomic E-state index is 11.3. The Labute approximate surface area is 86.0 Å². The van der Waals surface area contributed by atoms with Gasteiger partial charge in [0.25, 0.3) is 0 Å². The Balaban J connectivity index is 3.64. The first-order chi connectivity index (χ1) is 6.61. The van der Waals surface area contributed by atoms with Crippen molar-refractivity contribution in [2.24, 2.45) is 11.5 Å². The molecular formula is C10H22N2O2. The lowest BCUT2D eigenvalue weighted by Crippen LogP contribution is -2.34. The number of unbranched alkanes of at least 4 members (excludes halogenated alkanes) is 1. The van der Waals surface area contributed by atoms with Crippen molar-refractivity contribution in [1.29, 1.82) is 0 Å². The normalized spacial score (nSPS) is 14.9. The summed E-state index contributed by atoms with van der Waals surface area (Å²) >= 11 is 0. The highest BCUT2D eigenvalue weighted by molar-refractivity contribution is 5.75. The van der Waals surface area contributed by atoms with Crippen LogP contribution in [0.5, 0.6) is 0 Å². The Morgan fingerprint density at radius 2 is 2.07 bits per heavy atom. The third-order valence-electron chi connectivity index (χ3n) is 2.16. The molecule has 0 saturated carbocycles. The Hall–Kier alpha value is -0.610. The maximum Gasteiger partial charge on any atom is 0.323 e. The number of nitrogens with two attached hydrogens (primary N) is 2. The number of ether oxygens (including phenoxy) is 1. The summed E-state index contributed by atoms with van der Waals surface area (Å²) in [7, 11) is 0. The van der Waals surface area contributed by atoms with Crippen LogP contribution >= 0.6 is 0 Å². The lowest BCUT2D eigenvalue weighted by Gasteiger charge is -2.15. The van der Waals surface area contributed by atoms with Crippen molar-refractivity contribution < 1.29 is 9.53 Å². The SMILES string of the molecule is CCC(C)OC(=O)C(N)CCCCN. The lowest BCUT2D eigenvalue weighted by atomic mass is 10.1. The van der Waals surface area contributed by atoms with Crippen molar-refractivity contribution in [3.8, 4) is 0 Å². The van der Waals surface area contributed by atoms with E-state index in [4.69, 9.17) is 16.2 Å². The molecule has 0 bridgehead atoms. The summed E-state index contributed by atoms with van der Waals surface area (Å²) in [4.78, 5) is 11.3. The minimum Gasteiger partial charge on any atom is -0.462 e. The van der Waals surface area contributed by atoms with Crippen LogP contribution in [0.15, 0.2) is 0 Å². The second-order valence-corrected chi connectivity index (χ2v) is 3.55. The largest absolute Gasteiger partial charge is 0.462 e. The standard InChI is InChI=1S/C10H22N2O2/c1-3-8(2)14-10(13)9(12)6-4-5-7-11/h8-9H,3-7,11-12H2,1-2H3. The van der Waals surface area contributed by atoms with Crippen LogP contribution in [0.25, 0.3) is 0 Å². The zero-order chi connectivity index (χ0) is 11.0.